The molecule has 8 aromatic rings. The maximum Gasteiger partial charge on any atom is 0.158 e. The predicted molar refractivity (Wildman–Crippen MR) is 206 cm³/mol. The summed E-state index contributed by atoms with van der Waals surface area (Å²) in [7, 11) is -1.45. The first-order chi connectivity index (χ1) is 22.7. The molecule has 3 heteroatoms. The van der Waals surface area contributed by atoms with Gasteiger partial charge >= 0.3 is 0 Å². The van der Waals surface area contributed by atoms with Gasteiger partial charge < -0.3 is 9.32 Å². The van der Waals surface area contributed by atoms with E-state index in [-0.39, 0.29) is 0 Å². The van der Waals surface area contributed by atoms with Crippen molar-refractivity contribution in [1.29, 1.82) is 0 Å². The third-order valence-electron chi connectivity index (χ3n) is 9.86. The summed E-state index contributed by atoms with van der Waals surface area (Å²) in [5, 5.41) is 10.4. The topological polar surface area (TPSA) is 16.4 Å². The van der Waals surface area contributed by atoms with Crippen molar-refractivity contribution in [2.75, 3.05) is 4.90 Å². The molecule has 0 amide bonds. The normalized spacial score (nSPS) is 12.0. The van der Waals surface area contributed by atoms with E-state index < -0.39 is 8.07 Å². The lowest BCUT2D eigenvalue weighted by Crippen LogP contribution is -2.37. The second kappa shape index (κ2) is 11.0. The molecule has 2 nitrogen and oxygen atoms in total. The average Bonchev–Trinajstić information content (AvgIpc) is 3.46. The van der Waals surface area contributed by atoms with E-state index in [1.165, 1.54) is 59.8 Å². The number of anilines is 3. The quantitative estimate of drug-likeness (QED) is 0.140. The molecule has 0 spiro atoms. The zero-order valence-electron chi connectivity index (χ0n) is 28.0. The van der Waals surface area contributed by atoms with Crippen molar-refractivity contribution in [1.82, 2.24) is 0 Å². The number of benzene rings is 7. The summed E-state index contributed by atoms with van der Waals surface area (Å²) >= 11 is 0. The molecule has 0 fully saturated rings. The Morgan fingerprint density at radius 2 is 1.02 bits per heavy atom. The van der Waals surface area contributed by atoms with Crippen LogP contribution in [0.2, 0.25) is 19.6 Å². The van der Waals surface area contributed by atoms with Crippen molar-refractivity contribution in [3.8, 4) is 11.1 Å². The lowest BCUT2D eigenvalue weighted by Gasteiger charge is -2.27. The first-order valence-electron chi connectivity index (χ1n) is 16.5. The number of aryl methyl sites for hydroxylation is 3. The third kappa shape index (κ3) is 4.85. The minimum Gasteiger partial charge on any atom is -0.462 e. The summed E-state index contributed by atoms with van der Waals surface area (Å²) in [6.07, 6.45) is 1.87. The highest BCUT2D eigenvalue weighted by molar-refractivity contribution is 6.88. The smallest absolute Gasteiger partial charge is 0.158 e. The number of hydrogen-bond donors (Lipinski definition) is 0. The molecule has 0 saturated carbocycles. The van der Waals surface area contributed by atoms with E-state index in [1.807, 2.05) is 6.26 Å². The van der Waals surface area contributed by atoms with E-state index in [2.05, 4.69) is 167 Å². The molecule has 230 valence electrons. The summed E-state index contributed by atoms with van der Waals surface area (Å²) in [6, 6.07) is 45.0. The summed E-state index contributed by atoms with van der Waals surface area (Å²) in [4.78, 5) is 2.36. The standard InChI is InChI=1S/C44H39NOSi/c1-28-18-19-32(45(31-20-22-33(23-21-31)47(4,5)6)43-17-11-16-34-30(3)27-46-44(34)43)25-39(28)40-26-42-38-15-10-8-13-36(38)35-12-7-9-14-37(35)41(42)24-29(40)2/h7-27H,1-6H3. The monoisotopic (exact) mass is 625 g/mol. The second-order valence-corrected chi connectivity index (χ2v) is 19.1. The van der Waals surface area contributed by atoms with E-state index in [1.54, 1.807) is 0 Å². The Kier molecular flexibility index (Phi) is 6.85. The van der Waals surface area contributed by atoms with Gasteiger partial charge in [-0.05, 0) is 117 Å². The molecule has 1 aromatic heterocycles. The van der Waals surface area contributed by atoms with Crippen LogP contribution >= 0.6 is 0 Å². The van der Waals surface area contributed by atoms with Gasteiger partial charge in [0.05, 0.1) is 20.0 Å². The Labute approximate surface area is 277 Å². The lowest BCUT2D eigenvalue weighted by atomic mass is 9.88. The molecule has 0 N–H and O–H groups in total. The molecular formula is C44H39NOSi. The van der Waals surface area contributed by atoms with Crippen LogP contribution in [0.15, 0.2) is 132 Å². The molecule has 0 aliphatic carbocycles. The minimum absolute atomic E-state index is 0.904. The highest BCUT2D eigenvalue weighted by Crippen LogP contribution is 2.44. The van der Waals surface area contributed by atoms with Crippen LogP contribution in [-0.4, -0.2) is 8.07 Å². The van der Waals surface area contributed by atoms with Gasteiger partial charge in [0.25, 0.3) is 0 Å². The van der Waals surface area contributed by atoms with Gasteiger partial charge in [-0.3, -0.25) is 0 Å². The molecule has 7 aromatic carbocycles. The third-order valence-corrected chi connectivity index (χ3v) is 11.9. The van der Waals surface area contributed by atoms with Gasteiger partial charge in [0, 0.05) is 16.8 Å². The number of hydrogen-bond acceptors (Lipinski definition) is 2. The number of para-hydroxylation sites is 1. The summed E-state index contributed by atoms with van der Waals surface area (Å²) in [5.41, 5.74) is 10.3. The first-order valence-corrected chi connectivity index (χ1v) is 20.0. The first kappa shape index (κ1) is 29.3. The minimum atomic E-state index is -1.45. The van der Waals surface area contributed by atoms with Gasteiger partial charge in [-0.2, -0.15) is 0 Å². The van der Waals surface area contributed by atoms with Gasteiger partial charge in [0.1, 0.15) is 0 Å². The van der Waals surface area contributed by atoms with Crippen LogP contribution in [0.4, 0.5) is 17.1 Å². The molecule has 8 rings (SSSR count). The molecule has 0 aliphatic rings. The number of rotatable bonds is 5. The Bertz CT molecular complexity index is 2480. The van der Waals surface area contributed by atoms with Crippen molar-refractivity contribution in [2.24, 2.45) is 0 Å². The van der Waals surface area contributed by atoms with Crippen molar-refractivity contribution in [3.05, 3.63) is 144 Å². The van der Waals surface area contributed by atoms with Crippen LogP contribution in [-0.2, 0) is 0 Å². The SMILES string of the molecule is Cc1ccc(N(c2ccc([Si](C)(C)C)cc2)c2cccc3c(C)coc23)cc1-c1cc2c3ccccc3c3ccccc3c2cc1C. The molecule has 0 unspecified atom stereocenters. The highest BCUT2D eigenvalue weighted by atomic mass is 28.3. The van der Waals surface area contributed by atoms with Crippen molar-refractivity contribution < 1.29 is 4.42 Å². The molecule has 0 radical (unpaired) electrons. The van der Waals surface area contributed by atoms with Crippen molar-refractivity contribution in [3.63, 3.8) is 0 Å². The van der Waals surface area contributed by atoms with Crippen LogP contribution in [0.3, 0.4) is 0 Å². The van der Waals surface area contributed by atoms with Crippen LogP contribution in [0.25, 0.3) is 54.4 Å². The Morgan fingerprint density at radius 3 is 1.66 bits per heavy atom. The molecular weight excluding hydrogens is 587 g/mol. The summed E-state index contributed by atoms with van der Waals surface area (Å²) < 4.78 is 6.23. The van der Waals surface area contributed by atoms with Gasteiger partial charge in [-0.15, -0.1) is 0 Å². The molecule has 47 heavy (non-hydrogen) atoms. The Balaban J connectivity index is 1.36. The average molecular weight is 626 g/mol. The van der Waals surface area contributed by atoms with E-state index >= 15 is 0 Å². The largest absolute Gasteiger partial charge is 0.462 e. The van der Waals surface area contributed by atoms with E-state index in [4.69, 9.17) is 4.42 Å². The Morgan fingerprint density at radius 1 is 0.468 bits per heavy atom. The number of nitrogens with zero attached hydrogens (tertiary/aromatic N) is 1. The Hall–Kier alpha value is -5.12. The summed E-state index contributed by atoms with van der Waals surface area (Å²) in [5.74, 6) is 0. The van der Waals surface area contributed by atoms with Crippen molar-refractivity contribution in [2.45, 2.75) is 40.4 Å². The number of furan rings is 1. The fourth-order valence-corrected chi connectivity index (χ4v) is 8.44. The maximum atomic E-state index is 6.23. The van der Waals surface area contributed by atoms with Crippen molar-refractivity contribution >= 4 is 73.6 Å². The van der Waals surface area contributed by atoms with Crippen LogP contribution in [0.5, 0.6) is 0 Å². The molecule has 0 atom stereocenters. The van der Waals surface area contributed by atoms with E-state index in [0.717, 1.165) is 33.6 Å². The van der Waals surface area contributed by atoms with Gasteiger partial charge in [-0.1, -0.05) is 110 Å². The predicted octanol–water partition coefficient (Wildman–Crippen LogP) is 12.5. The molecule has 0 bridgehead atoms. The summed E-state index contributed by atoms with van der Waals surface area (Å²) in [6.45, 7) is 13.8. The van der Waals surface area contributed by atoms with Gasteiger partial charge in [0.15, 0.2) is 5.58 Å². The van der Waals surface area contributed by atoms with Gasteiger partial charge in [0.2, 0.25) is 0 Å². The zero-order valence-corrected chi connectivity index (χ0v) is 29.0. The lowest BCUT2D eigenvalue weighted by molar-refractivity contribution is 0.613. The molecule has 0 saturated heterocycles. The van der Waals surface area contributed by atoms with Crippen LogP contribution in [0.1, 0.15) is 16.7 Å². The fraction of sp³-hybridized carbons (Fsp3) is 0.136. The molecule has 1 heterocycles. The maximum absolute atomic E-state index is 6.23. The zero-order chi connectivity index (χ0) is 32.4. The van der Waals surface area contributed by atoms with Crippen LogP contribution < -0.4 is 10.1 Å². The molecule has 0 aliphatic heterocycles. The van der Waals surface area contributed by atoms with E-state index in [9.17, 15) is 0 Å². The number of fused-ring (bicyclic) bond motifs is 7. The van der Waals surface area contributed by atoms with Gasteiger partial charge in [-0.25, -0.2) is 0 Å². The van der Waals surface area contributed by atoms with E-state index in [0.29, 0.717) is 0 Å². The second-order valence-electron chi connectivity index (χ2n) is 14.0. The highest BCUT2D eigenvalue weighted by Gasteiger charge is 2.22. The van der Waals surface area contributed by atoms with Crippen LogP contribution in [0, 0.1) is 20.8 Å². The fourth-order valence-electron chi connectivity index (χ4n) is 7.27.